The SMILES string of the molecule is CCCC(C)(CC(C)(C)OC(C)=O)OC(C)=O. The summed E-state index contributed by atoms with van der Waals surface area (Å²) in [7, 11) is 0. The van der Waals surface area contributed by atoms with Gasteiger partial charge in [0.15, 0.2) is 0 Å². The molecule has 0 aromatic heterocycles. The molecule has 0 spiro atoms. The summed E-state index contributed by atoms with van der Waals surface area (Å²) in [5, 5.41) is 0. The van der Waals surface area contributed by atoms with Gasteiger partial charge in [-0.3, -0.25) is 9.59 Å². The number of esters is 2. The number of ether oxygens (including phenoxy) is 2. The van der Waals surface area contributed by atoms with Crippen molar-refractivity contribution in [2.45, 2.75) is 72.0 Å². The maximum Gasteiger partial charge on any atom is 0.303 e. The van der Waals surface area contributed by atoms with Crippen molar-refractivity contribution in [2.75, 3.05) is 0 Å². The number of carbonyl (C=O) groups excluding carboxylic acids is 2. The minimum atomic E-state index is -0.634. The average molecular weight is 244 g/mol. The molecule has 0 amide bonds. The quantitative estimate of drug-likeness (QED) is 0.674. The first kappa shape index (κ1) is 15.9. The molecular weight excluding hydrogens is 220 g/mol. The van der Waals surface area contributed by atoms with E-state index < -0.39 is 11.2 Å². The maximum absolute atomic E-state index is 11.1. The lowest BCUT2D eigenvalue weighted by molar-refractivity contribution is -0.170. The third-order valence-electron chi connectivity index (χ3n) is 2.39. The average Bonchev–Trinajstić information content (AvgIpc) is 1.95. The molecule has 17 heavy (non-hydrogen) atoms. The molecule has 0 aromatic carbocycles. The maximum atomic E-state index is 11.1. The lowest BCUT2D eigenvalue weighted by Crippen LogP contribution is -2.41. The van der Waals surface area contributed by atoms with E-state index in [1.807, 2.05) is 27.7 Å². The van der Waals surface area contributed by atoms with Crippen LogP contribution in [0, 0.1) is 0 Å². The van der Waals surface area contributed by atoms with Crippen molar-refractivity contribution in [3.63, 3.8) is 0 Å². The van der Waals surface area contributed by atoms with Gasteiger partial charge in [0.25, 0.3) is 0 Å². The molecule has 100 valence electrons. The van der Waals surface area contributed by atoms with Crippen molar-refractivity contribution >= 4 is 11.9 Å². The fraction of sp³-hybridized carbons (Fsp3) is 0.846. The van der Waals surface area contributed by atoms with E-state index in [9.17, 15) is 9.59 Å². The molecule has 0 aliphatic rings. The van der Waals surface area contributed by atoms with Crippen molar-refractivity contribution in [1.29, 1.82) is 0 Å². The summed E-state index contributed by atoms with van der Waals surface area (Å²) in [5.74, 6) is -0.628. The summed E-state index contributed by atoms with van der Waals surface area (Å²) in [6, 6.07) is 0. The van der Waals surface area contributed by atoms with Crippen LogP contribution in [0.25, 0.3) is 0 Å². The van der Waals surface area contributed by atoms with Crippen molar-refractivity contribution < 1.29 is 19.1 Å². The van der Waals surface area contributed by atoms with Gasteiger partial charge in [-0.2, -0.15) is 0 Å². The Morgan fingerprint density at radius 2 is 1.47 bits per heavy atom. The van der Waals surface area contributed by atoms with Gasteiger partial charge in [-0.1, -0.05) is 13.3 Å². The number of rotatable bonds is 6. The molecule has 0 fully saturated rings. The Balaban J connectivity index is 4.72. The molecule has 0 heterocycles. The van der Waals surface area contributed by atoms with E-state index in [-0.39, 0.29) is 11.9 Å². The van der Waals surface area contributed by atoms with Crippen molar-refractivity contribution in [2.24, 2.45) is 0 Å². The van der Waals surface area contributed by atoms with Crippen LogP contribution in [0.3, 0.4) is 0 Å². The zero-order valence-corrected chi connectivity index (χ0v) is 11.8. The van der Waals surface area contributed by atoms with Gasteiger partial charge in [0.05, 0.1) is 0 Å². The molecule has 0 N–H and O–H groups in total. The Hall–Kier alpha value is -1.06. The topological polar surface area (TPSA) is 52.6 Å². The zero-order valence-electron chi connectivity index (χ0n) is 11.8. The molecule has 0 rings (SSSR count). The minimum Gasteiger partial charge on any atom is -0.460 e. The number of hydrogen-bond acceptors (Lipinski definition) is 4. The summed E-state index contributed by atoms with van der Waals surface area (Å²) >= 11 is 0. The minimum absolute atomic E-state index is 0.306. The second kappa shape index (κ2) is 6.03. The summed E-state index contributed by atoms with van der Waals surface area (Å²) in [6.45, 7) is 10.3. The fourth-order valence-corrected chi connectivity index (χ4v) is 2.38. The lowest BCUT2D eigenvalue weighted by atomic mass is 9.87. The van der Waals surface area contributed by atoms with Gasteiger partial charge in [0.2, 0.25) is 0 Å². The smallest absolute Gasteiger partial charge is 0.303 e. The Morgan fingerprint density at radius 1 is 1.00 bits per heavy atom. The molecule has 0 saturated heterocycles. The second-order valence-electron chi connectivity index (χ2n) is 5.32. The molecule has 4 nitrogen and oxygen atoms in total. The van der Waals surface area contributed by atoms with E-state index >= 15 is 0 Å². The van der Waals surface area contributed by atoms with Crippen molar-refractivity contribution in [1.82, 2.24) is 0 Å². The molecule has 0 bridgehead atoms. The Kier molecular flexibility index (Phi) is 5.66. The van der Waals surface area contributed by atoms with E-state index in [1.54, 1.807) is 0 Å². The molecule has 1 atom stereocenters. The highest BCUT2D eigenvalue weighted by Crippen LogP contribution is 2.30. The molecule has 0 aromatic rings. The molecule has 0 saturated carbocycles. The van der Waals surface area contributed by atoms with Gasteiger partial charge >= 0.3 is 11.9 Å². The summed E-state index contributed by atoms with van der Waals surface area (Å²) < 4.78 is 10.6. The predicted molar refractivity (Wildman–Crippen MR) is 65.5 cm³/mol. The van der Waals surface area contributed by atoms with Crippen LogP contribution in [0.4, 0.5) is 0 Å². The van der Waals surface area contributed by atoms with Crippen LogP contribution in [-0.2, 0) is 19.1 Å². The van der Waals surface area contributed by atoms with Crippen molar-refractivity contribution in [3.8, 4) is 0 Å². The van der Waals surface area contributed by atoms with Crippen molar-refractivity contribution in [3.05, 3.63) is 0 Å². The number of hydrogen-bond donors (Lipinski definition) is 0. The van der Waals surface area contributed by atoms with E-state index in [0.29, 0.717) is 6.42 Å². The van der Waals surface area contributed by atoms with Crippen LogP contribution >= 0.6 is 0 Å². The highest BCUT2D eigenvalue weighted by Gasteiger charge is 2.36. The molecule has 0 aliphatic heterocycles. The zero-order chi connectivity index (χ0) is 13.7. The molecule has 0 aliphatic carbocycles. The summed E-state index contributed by atoms with van der Waals surface area (Å²) in [6.07, 6.45) is 2.14. The fourth-order valence-electron chi connectivity index (χ4n) is 2.38. The molecule has 0 radical (unpaired) electrons. The summed E-state index contributed by atoms with van der Waals surface area (Å²) in [5.41, 5.74) is -1.22. The van der Waals surface area contributed by atoms with E-state index in [4.69, 9.17) is 9.47 Å². The van der Waals surface area contributed by atoms with Gasteiger partial charge in [-0.15, -0.1) is 0 Å². The highest BCUT2D eigenvalue weighted by atomic mass is 16.6. The van der Waals surface area contributed by atoms with Crippen LogP contribution in [0.15, 0.2) is 0 Å². The van der Waals surface area contributed by atoms with E-state index in [1.165, 1.54) is 13.8 Å². The lowest BCUT2D eigenvalue weighted by Gasteiger charge is -2.36. The largest absolute Gasteiger partial charge is 0.460 e. The number of carbonyl (C=O) groups is 2. The highest BCUT2D eigenvalue weighted by molar-refractivity contribution is 5.67. The van der Waals surface area contributed by atoms with E-state index in [2.05, 4.69) is 0 Å². The van der Waals surface area contributed by atoms with Crippen LogP contribution in [0.5, 0.6) is 0 Å². The Labute approximate surface area is 104 Å². The molecule has 1 unspecified atom stereocenters. The van der Waals surface area contributed by atoms with Gasteiger partial charge in [-0.25, -0.2) is 0 Å². The third-order valence-corrected chi connectivity index (χ3v) is 2.39. The van der Waals surface area contributed by atoms with E-state index in [0.717, 1.165) is 12.8 Å². The molecule has 4 heteroatoms. The van der Waals surface area contributed by atoms with Gasteiger partial charge in [0.1, 0.15) is 11.2 Å². The predicted octanol–water partition coefficient (Wildman–Crippen LogP) is 2.84. The molecular formula is C13H24O4. The Bertz CT molecular complexity index is 283. The summed E-state index contributed by atoms with van der Waals surface area (Å²) in [4.78, 5) is 22.1. The van der Waals surface area contributed by atoms with Crippen LogP contribution < -0.4 is 0 Å². The first-order valence-electron chi connectivity index (χ1n) is 5.99. The van der Waals surface area contributed by atoms with Gasteiger partial charge < -0.3 is 9.47 Å². The monoisotopic (exact) mass is 244 g/mol. The van der Waals surface area contributed by atoms with Crippen LogP contribution in [0.1, 0.15) is 60.8 Å². The van der Waals surface area contributed by atoms with Gasteiger partial charge in [0, 0.05) is 20.3 Å². The normalized spacial score (nSPS) is 14.9. The van der Waals surface area contributed by atoms with Crippen LogP contribution in [-0.4, -0.2) is 23.1 Å². The Morgan fingerprint density at radius 3 is 1.82 bits per heavy atom. The third kappa shape index (κ3) is 6.97. The second-order valence-corrected chi connectivity index (χ2v) is 5.32. The van der Waals surface area contributed by atoms with Crippen LogP contribution in [0.2, 0.25) is 0 Å². The first-order chi connectivity index (χ1) is 7.60. The standard InChI is InChI=1S/C13H24O4/c1-7-8-13(6,17-11(3)15)9-12(4,5)16-10(2)14/h7-9H2,1-6H3. The van der Waals surface area contributed by atoms with Gasteiger partial charge in [-0.05, 0) is 27.2 Å². The first-order valence-corrected chi connectivity index (χ1v) is 5.99.